The molecule has 0 atom stereocenters. The van der Waals surface area contributed by atoms with E-state index in [1.165, 1.54) is 0 Å². The number of hydrogen-bond acceptors (Lipinski definition) is 3. The van der Waals surface area contributed by atoms with Gasteiger partial charge in [0.25, 0.3) is 0 Å². The van der Waals surface area contributed by atoms with Crippen molar-refractivity contribution in [2.24, 2.45) is 5.73 Å². The number of ether oxygens (including phenoxy) is 1. The van der Waals surface area contributed by atoms with E-state index in [1.807, 2.05) is 18.2 Å². The van der Waals surface area contributed by atoms with E-state index in [4.69, 9.17) is 14.9 Å². The molecule has 0 spiro atoms. The number of fused-ring (bicyclic) bond motifs is 1. The van der Waals surface area contributed by atoms with Crippen LogP contribution in [-0.4, -0.2) is 7.11 Å². The Hall–Kier alpha value is -1.48. The lowest BCUT2D eigenvalue weighted by atomic mass is 10.1. The van der Waals surface area contributed by atoms with Gasteiger partial charge in [0.05, 0.1) is 13.4 Å². The molecular weight excluding hydrogens is 166 g/mol. The molecule has 0 unspecified atom stereocenters. The summed E-state index contributed by atoms with van der Waals surface area (Å²) >= 11 is 0. The lowest BCUT2D eigenvalue weighted by Crippen LogP contribution is -1.96. The Morgan fingerprint density at radius 3 is 2.92 bits per heavy atom. The van der Waals surface area contributed by atoms with Crippen LogP contribution in [0.25, 0.3) is 11.0 Å². The zero-order valence-corrected chi connectivity index (χ0v) is 7.41. The summed E-state index contributed by atoms with van der Waals surface area (Å²) in [6.07, 6.45) is 1.65. The van der Waals surface area contributed by atoms with Gasteiger partial charge in [-0.2, -0.15) is 0 Å². The minimum atomic E-state index is 0.514. The maximum absolute atomic E-state index is 5.58. The van der Waals surface area contributed by atoms with Gasteiger partial charge in [0.15, 0.2) is 11.3 Å². The molecule has 3 nitrogen and oxygen atoms in total. The standard InChI is InChI=1S/C10H11NO2/c1-12-9-3-2-7(6-11)8-4-5-13-10(8)9/h2-5H,6,11H2,1H3. The zero-order valence-electron chi connectivity index (χ0n) is 7.41. The van der Waals surface area contributed by atoms with Gasteiger partial charge in [-0.25, -0.2) is 0 Å². The highest BCUT2D eigenvalue weighted by molar-refractivity contribution is 5.86. The molecule has 1 heterocycles. The minimum absolute atomic E-state index is 0.514. The third-order valence-corrected chi connectivity index (χ3v) is 2.11. The second kappa shape index (κ2) is 3.11. The summed E-state index contributed by atoms with van der Waals surface area (Å²) in [6, 6.07) is 5.73. The van der Waals surface area contributed by atoms with Crippen molar-refractivity contribution in [3.05, 3.63) is 30.0 Å². The van der Waals surface area contributed by atoms with E-state index >= 15 is 0 Å². The van der Waals surface area contributed by atoms with E-state index in [2.05, 4.69) is 0 Å². The highest BCUT2D eigenvalue weighted by atomic mass is 16.5. The number of nitrogens with two attached hydrogens (primary N) is 1. The van der Waals surface area contributed by atoms with Gasteiger partial charge in [0.1, 0.15) is 0 Å². The molecule has 0 aliphatic rings. The van der Waals surface area contributed by atoms with Gasteiger partial charge >= 0.3 is 0 Å². The summed E-state index contributed by atoms with van der Waals surface area (Å²) in [5.41, 5.74) is 7.43. The molecule has 1 aromatic carbocycles. The van der Waals surface area contributed by atoms with Crippen molar-refractivity contribution in [1.29, 1.82) is 0 Å². The van der Waals surface area contributed by atoms with E-state index in [9.17, 15) is 0 Å². The van der Waals surface area contributed by atoms with Crippen molar-refractivity contribution in [3.8, 4) is 5.75 Å². The van der Waals surface area contributed by atoms with Crippen molar-refractivity contribution in [2.45, 2.75) is 6.54 Å². The van der Waals surface area contributed by atoms with Crippen LogP contribution in [0.5, 0.6) is 5.75 Å². The van der Waals surface area contributed by atoms with Gasteiger partial charge in [-0.1, -0.05) is 6.07 Å². The molecule has 0 radical (unpaired) electrons. The molecule has 0 saturated heterocycles. The highest BCUT2D eigenvalue weighted by Crippen LogP contribution is 2.28. The van der Waals surface area contributed by atoms with Crippen LogP contribution in [0.1, 0.15) is 5.56 Å². The van der Waals surface area contributed by atoms with Gasteiger partial charge in [-0.05, 0) is 17.7 Å². The Balaban J connectivity index is 2.74. The van der Waals surface area contributed by atoms with Gasteiger partial charge in [0.2, 0.25) is 0 Å². The molecule has 2 rings (SSSR count). The maximum atomic E-state index is 5.58. The fourth-order valence-electron chi connectivity index (χ4n) is 1.43. The summed E-state index contributed by atoms with van der Waals surface area (Å²) < 4.78 is 10.5. The van der Waals surface area contributed by atoms with E-state index in [0.717, 1.165) is 22.3 Å². The molecule has 0 amide bonds. The smallest absolute Gasteiger partial charge is 0.175 e. The first-order chi connectivity index (χ1) is 6.36. The molecule has 13 heavy (non-hydrogen) atoms. The SMILES string of the molecule is COc1ccc(CN)c2ccoc12. The minimum Gasteiger partial charge on any atom is -0.493 e. The molecule has 2 N–H and O–H groups in total. The fraction of sp³-hybridized carbons (Fsp3) is 0.200. The normalized spacial score (nSPS) is 10.6. The number of methoxy groups -OCH3 is 1. The Morgan fingerprint density at radius 2 is 2.23 bits per heavy atom. The van der Waals surface area contributed by atoms with Crippen LogP contribution >= 0.6 is 0 Å². The third kappa shape index (κ3) is 1.17. The first-order valence-electron chi connectivity index (χ1n) is 4.10. The Bertz CT molecular complexity index is 382. The number of hydrogen-bond donors (Lipinski definition) is 1. The third-order valence-electron chi connectivity index (χ3n) is 2.11. The average Bonchev–Trinajstić information content (AvgIpc) is 2.64. The van der Waals surface area contributed by atoms with E-state index in [1.54, 1.807) is 13.4 Å². The summed E-state index contributed by atoms with van der Waals surface area (Å²) in [7, 11) is 1.62. The fourth-order valence-corrected chi connectivity index (χ4v) is 1.43. The van der Waals surface area contributed by atoms with Crippen molar-refractivity contribution >= 4 is 11.0 Å². The highest BCUT2D eigenvalue weighted by Gasteiger charge is 2.07. The second-order valence-electron chi connectivity index (χ2n) is 2.79. The molecule has 3 heteroatoms. The van der Waals surface area contributed by atoms with Crippen molar-refractivity contribution in [1.82, 2.24) is 0 Å². The number of rotatable bonds is 2. The Labute approximate surface area is 76.1 Å². The lowest BCUT2D eigenvalue weighted by Gasteiger charge is -2.03. The molecule has 0 saturated carbocycles. The van der Waals surface area contributed by atoms with Crippen LogP contribution in [0, 0.1) is 0 Å². The predicted octanol–water partition coefficient (Wildman–Crippen LogP) is 1.90. The van der Waals surface area contributed by atoms with Crippen LogP contribution < -0.4 is 10.5 Å². The zero-order chi connectivity index (χ0) is 9.26. The largest absolute Gasteiger partial charge is 0.493 e. The van der Waals surface area contributed by atoms with E-state index < -0.39 is 0 Å². The topological polar surface area (TPSA) is 48.4 Å². The van der Waals surface area contributed by atoms with E-state index in [0.29, 0.717) is 6.54 Å². The molecule has 0 fully saturated rings. The first-order valence-corrected chi connectivity index (χ1v) is 4.10. The Morgan fingerprint density at radius 1 is 1.38 bits per heavy atom. The molecule has 68 valence electrons. The molecule has 1 aromatic heterocycles. The van der Waals surface area contributed by atoms with Crippen molar-refractivity contribution in [2.75, 3.05) is 7.11 Å². The van der Waals surface area contributed by atoms with Crippen LogP contribution in [0.15, 0.2) is 28.9 Å². The summed E-state index contributed by atoms with van der Waals surface area (Å²) in [5.74, 6) is 0.747. The van der Waals surface area contributed by atoms with Crippen LogP contribution in [0.4, 0.5) is 0 Å². The number of furan rings is 1. The van der Waals surface area contributed by atoms with Crippen LogP contribution in [-0.2, 0) is 6.54 Å². The Kier molecular flexibility index (Phi) is 1.94. The monoisotopic (exact) mass is 177 g/mol. The quantitative estimate of drug-likeness (QED) is 0.762. The van der Waals surface area contributed by atoms with Crippen LogP contribution in [0.2, 0.25) is 0 Å². The number of benzene rings is 1. The van der Waals surface area contributed by atoms with Gasteiger partial charge in [-0.3, -0.25) is 0 Å². The first kappa shape index (κ1) is 8.13. The van der Waals surface area contributed by atoms with Gasteiger partial charge in [-0.15, -0.1) is 0 Å². The summed E-state index contributed by atoms with van der Waals surface area (Å²) in [4.78, 5) is 0. The molecular formula is C10H11NO2. The predicted molar refractivity (Wildman–Crippen MR) is 50.7 cm³/mol. The maximum Gasteiger partial charge on any atom is 0.175 e. The lowest BCUT2D eigenvalue weighted by molar-refractivity contribution is 0.410. The molecule has 0 aliphatic heterocycles. The summed E-state index contributed by atoms with van der Waals surface area (Å²) in [5, 5.41) is 1.03. The second-order valence-corrected chi connectivity index (χ2v) is 2.79. The summed E-state index contributed by atoms with van der Waals surface area (Å²) in [6.45, 7) is 0.514. The van der Waals surface area contributed by atoms with E-state index in [-0.39, 0.29) is 0 Å². The van der Waals surface area contributed by atoms with Gasteiger partial charge < -0.3 is 14.9 Å². The van der Waals surface area contributed by atoms with Gasteiger partial charge in [0, 0.05) is 11.9 Å². The molecule has 0 aliphatic carbocycles. The molecule has 0 bridgehead atoms. The van der Waals surface area contributed by atoms with Crippen LogP contribution in [0.3, 0.4) is 0 Å². The van der Waals surface area contributed by atoms with Crippen molar-refractivity contribution < 1.29 is 9.15 Å². The average molecular weight is 177 g/mol. The molecule has 2 aromatic rings. The van der Waals surface area contributed by atoms with Crippen molar-refractivity contribution in [3.63, 3.8) is 0 Å².